The highest BCUT2D eigenvalue weighted by molar-refractivity contribution is 7.98. The fraction of sp³-hybridized carbons (Fsp3) is 0.500. The molecule has 1 aliphatic heterocycles. The second-order valence-electron chi connectivity index (χ2n) is 4.78. The maximum absolute atomic E-state index is 12.4. The van der Waals surface area contributed by atoms with Crippen LogP contribution in [0.4, 0.5) is 5.69 Å². The Hall–Kier alpha value is -1.00. The zero-order chi connectivity index (χ0) is 13.1. The highest BCUT2D eigenvalue weighted by Crippen LogP contribution is 2.32. The van der Waals surface area contributed by atoms with Crippen LogP contribution in [0, 0.1) is 0 Å². The van der Waals surface area contributed by atoms with Crippen molar-refractivity contribution in [3.63, 3.8) is 0 Å². The van der Waals surface area contributed by atoms with Crippen molar-refractivity contribution in [2.24, 2.45) is 5.73 Å². The molecule has 1 amide bonds. The lowest BCUT2D eigenvalue weighted by molar-refractivity contribution is -0.120. The van der Waals surface area contributed by atoms with Crippen LogP contribution in [0.2, 0.25) is 0 Å². The molecule has 2 rings (SSSR count). The molecule has 98 valence electrons. The van der Waals surface area contributed by atoms with E-state index in [2.05, 4.69) is 13.0 Å². The van der Waals surface area contributed by atoms with E-state index >= 15 is 0 Å². The molecule has 0 saturated heterocycles. The molecule has 3 nitrogen and oxygen atoms in total. The summed E-state index contributed by atoms with van der Waals surface area (Å²) in [5, 5.41) is 0. The first-order valence-electron chi connectivity index (χ1n) is 6.30. The third-order valence-corrected chi connectivity index (χ3v) is 4.04. The zero-order valence-electron chi connectivity index (χ0n) is 10.9. The average Bonchev–Trinajstić information content (AvgIpc) is 2.70. The smallest absolute Gasteiger partial charge is 0.244 e. The van der Waals surface area contributed by atoms with E-state index in [-0.39, 0.29) is 18.0 Å². The van der Waals surface area contributed by atoms with Crippen LogP contribution in [0.25, 0.3) is 0 Å². The fourth-order valence-corrected chi connectivity index (χ4v) is 2.94. The highest BCUT2D eigenvalue weighted by atomic mass is 32.2. The van der Waals surface area contributed by atoms with E-state index in [0.717, 1.165) is 24.3 Å². The Bertz CT molecular complexity index is 436. The number of benzene rings is 1. The largest absolute Gasteiger partial charge is 0.320 e. The van der Waals surface area contributed by atoms with Gasteiger partial charge in [0.25, 0.3) is 0 Å². The number of anilines is 1. The van der Waals surface area contributed by atoms with Crippen molar-refractivity contribution in [1.29, 1.82) is 0 Å². The second kappa shape index (κ2) is 5.76. The van der Waals surface area contributed by atoms with Gasteiger partial charge >= 0.3 is 0 Å². The van der Waals surface area contributed by atoms with Crippen molar-refractivity contribution in [3.8, 4) is 0 Å². The van der Waals surface area contributed by atoms with Gasteiger partial charge in [-0.1, -0.05) is 18.2 Å². The Kier molecular flexibility index (Phi) is 4.30. The Morgan fingerprint density at radius 2 is 2.28 bits per heavy atom. The van der Waals surface area contributed by atoms with Crippen LogP contribution >= 0.6 is 11.8 Å². The lowest BCUT2D eigenvalue weighted by Gasteiger charge is -2.25. The number of thioether (sulfide) groups is 1. The molecule has 0 spiro atoms. The van der Waals surface area contributed by atoms with Crippen molar-refractivity contribution in [2.45, 2.75) is 31.8 Å². The Balaban J connectivity index is 2.15. The van der Waals surface area contributed by atoms with Gasteiger partial charge in [-0.3, -0.25) is 4.79 Å². The summed E-state index contributed by atoms with van der Waals surface area (Å²) in [6.07, 6.45) is 3.70. The number of nitrogens with zero attached hydrogens (tertiary/aromatic N) is 1. The first-order chi connectivity index (χ1) is 8.65. The minimum Gasteiger partial charge on any atom is -0.320 e. The second-order valence-corrected chi connectivity index (χ2v) is 5.76. The maximum atomic E-state index is 12.4. The topological polar surface area (TPSA) is 46.3 Å². The molecule has 0 aliphatic carbocycles. The van der Waals surface area contributed by atoms with Crippen LogP contribution in [-0.2, 0) is 11.2 Å². The molecular weight excluding hydrogens is 244 g/mol. The minimum absolute atomic E-state index is 0.0569. The van der Waals surface area contributed by atoms with Crippen LogP contribution < -0.4 is 10.6 Å². The molecule has 1 aromatic carbocycles. The van der Waals surface area contributed by atoms with Gasteiger partial charge in [0.1, 0.15) is 0 Å². The number of rotatable bonds is 4. The molecule has 1 heterocycles. The molecule has 1 unspecified atom stereocenters. The Morgan fingerprint density at radius 1 is 1.56 bits per heavy atom. The Morgan fingerprint density at radius 3 is 3.00 bits per heavy atom. The van der Waals surface area contributed by atoms with E-state index in [1.807, 2.05) is 29.4 Å². The monoisotopic (exact) mass is 264 g/mol. The molecule has 0 aromatic heterocycles. The summed E-state index contributed by atoms with van der Waals surface area (Å²) in [5.74, 6) is 0.984. The van der Waals surface area contributed by atoms with Crippen LogP contribution in [0.15, 0.2) is 24.3 Å². The summed E-state index contributed by atoms with van der Waals surface area (Å²) in [7, 11) is 0. The summed E-state index contributed by atoms with van der Waals surface area (Å²) < 4.78 is 0. The van der Waals surface area contributed by atoms with Crippen molar-refractivity contribution in [2.75, 3.05) is 16.9 Å². The quantitative estimate of drug-likeness (QED) is 0.905. The average molecular weight is 264 g/mol. The molecule has 2 atom stereocenters. The molecule has 4 heteroatoms. The van der Waals surface area contributed by atoms with Gasteiger partial charge in [0, 0.05) is 11.7 Å². The number of para-hydroxylation sites is 1. The SMILES string of the molecule is CSCC[C@H](N)C(=O)N1c2ccccc2CC1C. The first kappa shape index (κ1) is 13.4. The van der Waals surface area contributed by atoms with Gasteiger partial charge in [-0.15, -0.1) is 0 Å². The number of hydrogen-bond acceptors (Lipinski definition) is 3. The summed E-state index contributed by atoms with van der Waals surface area (Å²) in [4.78, 5) is 14.3. The molecule has 18 heavy (non-hydrogen) atoms. The lowest BCUT2D eigenvalue weighted by atomic mass is 10.1. The lowest BCUT2D eigenvalue weighted by Crippen LogP contribution is -2.46. The van der Waals surface area contributed by atoms with Gasteiger partial charge in [-0.05, 0) is 43.4 Å². The molecule has 1 aromatic rings. The highest BCUT2D eigenvalue weighted by Gasteiger charge is 2.32. The predicted octanol–water partition coefficient (Wildman–Crippen LogP) is 2.04. The summed E-state index contributed by atoms with van der Waals surface area (Å²) in [6, 6.07) is 7.93. The third-order valence-electron chi connectivity index (χ3n) is 3.39. The molecule has 0 bridgehead atoms. The summed E-state index contributed by atoms with van der Waals surface area (Å²) >= 11 is 1.73. The van der Waals surface area contributed by atoms with E-state index in [4.69, 9.17) is 5.73 Å². The molecule has 0 saturated carbocycles. The van der Waals surface area contributed by atoms with Crippen molar-refractivity contribution in [3.05, 3.63) is 29.8 Å². The first-order valence-corrected chi connectivity index (χ1v) is 7.70. The fourth-order valence-electron chi connectivity index (χ4n) is 2.45. The third kappa shape index (κ3) is 2.54. The van der Waals surface area contributed by atoms with Gasteiger partial charge in [0.05, 0.1) is 6.04 Å². The summed E-state index contributed by atoms with van der Waals surface area (Å²) in [6.45, 7) is 2.08. The zero-order valence-corrected chi connectivity index (χ0v) is 11.7. The van der Waals surface area contributed by atoms with Crippen molar-refractivity contribution < 1.29 is 4.79 Å². The maximum Gasteiger partial charge on any atom is 0.244 e. The van der Waals surface area contributed by atoms with Crippen LogP contribution in [-0.4, -0.2) is 30.0 Å². The van der Waals surface area contributed by atoms with Crippen LogP contribution in [0.5, 0.6) is 0 Å². The molecule has 0 radical (unpaired) electrons. The number of carbonyl (C=O) groups excluding carboxylic acids is 1. The number of amides is 1. The van der Waals surface area contributed by atoms with Crippen LogP contribution in [0.3, 0.4) is 0 Å². The molecule has 1 aliphatic rings. The van der Waals surface area contributed by atoms with E-state index in [1.54, 1.807) is 11.8 Å². The van der Waals surface area contributed by atoms with Crippen molar-refractivity contribution in [1.82, 2.24) is 0 Å². The number of fused-ring (bicyclic) bond motifs is 1. The normalized spacial score (nSPS) is 19.7. The van der Waals surface area contributed by atoms with Gasteiger partial charge < -0.3 is 10.6 Å². The van der Waals surface area contributed by atoms with Gasteiger partial charge in [0.15, 0.2) is 0 Å². The van der Waals surface area contributed by atoms with Crippen LogP contribution in [0.1, 0.15) is 18.9 Å². The standard InChI is InChI=1S/C14H20N2OS/c1-10-9-11-5-3-4-6-13(11)16(10)14(17)12(15)7-8-18-2/h3-6,10,12H,7-9,15H2,1-2H3/t10?,12-/m0/s1. The molecule has 2 N–H and O–H groups in total. The van der Waals surface area contributed by atoms with Crippen molar-refractivity contribution >= 4 is 23.4 Å². The number of nitrogens with two attached hydrogens (primary N) is 1. The van der Waals surface area contributed by atoms with E-state index in [0.29, 0.717) is 0 Å². The van der Waals surface area contributed by atoms with E-state index < -0.39 is 0 Å². The number of hydrogen-bond donors (Lipinski definition) is 1. The van der Waals surface area contributed by atoms with Gasteiger partial charge in [-0.25, -0.2) is 0 Å². The van der Waals surface area contributed by atoms with Gasteiger partial charge in [0.2, 0.25) is 5.91 Å². The molecule has 0 fully saturated rings. The summed E-state index contributed by atoms with van der Waals surface area (Å²) in [5.41, 5.74) is 8.28. The van der Waals surface area contributed by atoms with Gasteiger partial charge in [-0.2, -0.15) is 11.8 Å². The van der Waals surface area contributed by atoms with E-state index in [9.17, 15) is 4.79 Å². The number of carbonyl (C=O) groups is 1. The predicted molar refractivity (Wildman–Crippen MR) is 78.1 cm³/mol. The van der Waals surface area contributed by atoms with E-state index in [1.165, 1.54) is 5.56 Å². The Labute approximate surface area is 113 Å². The minimum atomic E-state index is -0.383. The molecular formula is C14H20N2OS.